The van der Waals surface area contributed by atoms with E-state index in [-0.39, 0.29) is 6.29 Å². The second-order valence-electron chi connectivity index (χ2n) is 2.43. The van der Waals surface area contributed by atoms with Gasteiger partial charge in [0.05, 0.1) is 12.7 Å². The molecule has 1 rings (SSSR count). The van der Waals surface area contributed by atoms with Gasteiger partial charge in [-0.15, -0.1) is 0 Å². The van der Waals surface area contributed by atoms with Crippen LogP contribution in [0.15, 0.2) is 0 Å². The molecule has 0 aromatic rings. The summed E-state index contributed by atoms with van der Waals surface area (Å²) in [6.45, 7) is 0.917. The molecule has 0 aliphatic carbocycles. The third-order valence-electron chi connectivity index (χ3n) is 1.65. The fraction of sp³-hybridized carbons (Fsp3) is 1.00. The lowest BCUT2D eigenvalue weighted by atomic mass is 10.2. The van der Waals surface area contributed by atoms with Crippen molar-refractivity contribution < 1.29 is 14.2 Å². The molecule has 1 atom stereocenters. The molecule has 1 aliphatic rings. The molecule has 0 N–H and O–H groups in total. The Morgan fingerprint density at radius 2 is 2.10 bits per heavy atom. The lowest BCUT2D eigenvalue weighted by Gasteiger charge is -2.11. The summed E-state index contributed by atoms with van der Waals surface area (Å²) in [5, 5.41) is 0. The number of hydrogen-bond donors (Lipinski definition) is 0. The molecule has 0 aromatic carbocycles. The SMILES string of the molecule is COC(CCC1CO1)OC. The Morgan fingerprint density at radius 1 is 1.50 bits per heavy atom. The van der Waals surface area contributed by atoms with Gasteiger partial charge in [0, 0.05) is 20.6 Å². The highest BCUT2D eigenvalue weighted by Gasteiger charge is 2.23. The van der Waals surface area contributed by atoms with Crippen LogP contribution >= 0.6 is 0 Å². The smallest absolute Gasteiger partial charge is 0.156 e. The molecular formula is C7H14O3. The van der Waals surface area contributed by atoms with Crippen molar-refractivity contribution in [2.75, 3.05) is 20.8 Å². The van der Waals surface area contributed by atoms with E-state index in [1.54, 1.807) is 14.2 Å². The first-order valence-electron chi connectivity index (χ1n) is 3.54. The van der Waals surface area contributed by atoms with Gasteiger partial charge in [-0.05, 0) is 6.42 Å². The topological polar surface area (TPSA) is 31.0 Å². The summed E-state index contributed by atoms with van der Waals surface area (Å²) < 4.78 is 15.0. The van der Waals surface area contributed by atoms with E-state index in [0.29, 0.717) is 6.10 Å². The molecule has 10 heavy (non-hydrogen) atoms. The third kappa shape index (κ3) is 2.64. The van der Waals surface area contributed by atoms with Gasteiger partial charge >= 0.3 is 0 Å². The summed E-state index contributed by atoms with van der Waals surface area (Å²) >= 11 is 0. The average molecular weight is 146 g/mol. The molecule has 1 heterocycles. The van der Waals surface area contributed by atoms with E-state index >= 15 is 0 Å². The van der Waals surface area contributed by atoms with Crippen molar-refractivity contribution in [1.29, 1.82) is 0 Å². The minimum Gasteiger partial charge on any atom is -0.373 e. The van der Waals surface area contributed by atoms with Crippen molar-refractivity contribution in [2.24, 2.45) is 0 Å². The summed E-state index contributed by atoms with van der Waals surface area (Å²) in [4.78, 5) is 0. The van der Waals surface area contributed by atoms with Gasteiger partial charge < -0.3 is 14.2 Å². The highest BCUT2D eigenvalue weighted by Crippen LogP contribution is 2.17. The van der Waals surface area contributed by atoms with E-state index in [1.807, 2.05) is 0 Å². The summed E-state index contributed by atoms with van der Waals surface area (Å²) in [7, 11) is 3.31. The third-order valence-corrected chi connectivity index (χ3v) is 1.65. The first-order chi connectivity index (χ1) is 4.86. The zero-order valence-corrected chi connectivity index (χ0v) is 6.50. The van der Waals surface area contributed by atoms with Crippen molar-refractivity contribution in [3.05, 3.63) is 0 Å². The number of ether oxygens (including phenoxy) is 3. The summed E-state index contributed by atoms with van der Waals surface area (Å²) in [6.07, 6.45) is 2.40. The second-order valence-corrected chi connectivity index (χ2v) is 2.43. The van der Waals surface area contributed by atoms with Gasteiger partial charge in [0.25, 0.3) is 0 Å². The lowest BCUT2D eigenvalue weighted by molar-refractivity contribution is -0.107. The highest BCUT2D eigenvalue weighted by atomic mass is 16.7. The summed E-state index contributed by atoms with van der Waals surface area (Å²) in [5.41, 5.74) is 0. The monoisotopic (exact) mass is 146 g/mol. The van der Waals surface area contributed by atoms with Crippen LogP contribution in [-0.4, -0.2) is 33.2 Å². The Hall–Kier alpha value is -0.120. The average Bonchev–Trinajstić information content (AvgIpc) is 2.74. The van der Waals surface area contributed by atoms with Gasteiger partial charge in [0.2, 0.25) is 0 Å². The zero-order chi connectivity index (χ0) is 7.40. The van der Waals surface area contributed by atoms with Crippen LogP contribution in [0, 0.1) is 0 Å². The number of rotatable bonds is 5. The van der Waals surface area contributed by atoms with E-state index in [2.05, 4.69) is 0 Å². The zero-order valence-electron chi connectivity index (χ0n) is 6.50. The highest BCUT2D eigenvalue weighted by molar-refractivity contribution is 4.68. The van der Waals surface area contributed by atoms with Crippen LogP contribution in [0.4, 0.5) is 0 Å². The van der Waals surface area contributed by atoms with E-state index in [4.69, 9.17) is 14.2 Å². The normalized spacial score (nSPS) is 23.7. The van der Waals surface area contributed by atoms with E-state index in [1.165, 1.54) is 0 Å². The van der Waals surface area contributed by atoms with E-state index in [9.17, 15) is 0 Å². The first kappa shape index (κ1) is 7.98. The number of hydrogen-bond acceptors (Lipinski definition) is 3. The maximum absolute atomic E-state index is 5.04. The van der Waals surface area contributed by atoms with Crippen molar-refractivity contribution in [3.63, 3.8) is 0 Å². The van der Waals surface area contributed by atoms with Crippen LogP contribution in [-0.2, 0) is 14.2 Å². The first-order valence-corrected chi connectivity index (χ1v) is 3.54. The van der Waals surface area contributed by atoms with Gasteiger partial charge in [-0.2, -0.15) is 0 Å². The van der Waals surface area contributed by atoms with Crippen molar-refractivity contribution in [2.45, 2.75) is 25.2 Å². The molecule has 1 unspecified atom stereocenters. The minimum absolute atomic E-state index is 0.0517. The largest absolute Gasteiger partial charge is 0.373 e. The Morgan fingerprint density at radius 3 is 2.50 bits per heavy atom. The molecule has 3 nitrogen and oxygen atoms in total. The fourth-order valence-electron chi connectivity index (χ4n) is 0.889. The van der Waals surface area contributed by atoms with Crippen LogP contribution in [0.2, 0.25) is 0 Å². The summed E-state index contributed by atoms with van der Waals surface area (Å²) in [6, 6.07) is 0. The van der Waals surface area contributed by atoms with Crippen LogP contribution in [0.3, 0.4) is 0 Å². The van der Waals surface area contributed by atoms with Crippen molar-refractivity contribution in [1.82, 2.24) is 0 Å². The van der Waals surface area contributed by atoms with Gasteiger partial charge in [-0.25, -0.2) is 0 Å². The van der Waals surface area contributed by atoms with Crippen molar-refractivity contribution in [3.8, 4) is 0 Å². The Labute approximate surface area is 61.3 Å². The second kappa shape index (κ2) is 3.91. The minimum atomic E-state index is -0.0517. The van der Waals surface area contributed by atoms with E-state index < -0.39 is 0 Å². The molecule has 1 fully saturated rings. The number of epoxide rings is 1. The molecular weight excluding hydrogens is 132 g/mol. The Bertz CT molecular complexity index is 86.9. The van der Waals surface area contributed by atoms with E-state index in [0.717, 1.165) is 19.4 Å². The van der Waals surface area contributed by atoms with Gasteiger partial charge in [0.15, 0.2) is 6.29 Å². The van der Waals surface area contributed by atoms with Crippen LogP contribution in [0.5, 0.6) is 0 Å². The maximum atomic E-state index is 5.04. The predicted molar refractivity (Wildman–Crippen MR) is 36.8 cm³/mol. The molecule has 0 spiro atoms. The molecule has 0 saturated carbocycles. The van der Waals surface area contributed by atoms with Gasteiger partial charge in [0.1, 0.15) is 0 Å². The molecule has 1 saturated heterocycles. The molecule has 1 aliphatic heterocycles. The molecule has 3 heteroatoms. The van der Waals surface area contributed by atoms with Gasteiger partial charge in [-0.3, -0.25) is 0 Å². The van der Waals surface area contributed by atoms with Crippen LogP contribution in [0.1, 0.15) is 12.8 Å². The fourth-order valence-corrected chi connectivity index (χ4v) is 0.889. The summed E-state index contributed by atoms with van der Waals surface area (Å²) in [5.74, 6) is 0. The quantitative estimate of drug-likeness (QED) is 0.424. The lowest BCUT2D eigenvalue weighted by Crippen LogP contribution is -2.13. The molecule has 60 valence electrons. The molecule has 0 amide bonds. The van der Waals surface area contributed by atoms with Crippen molar-refractivity contribution >= 4 is 0 Å². The van der Waals surface area contributed by atoms with Crippen LogP contribution < -0.4 is 0 Å². The molecule has 0 radical (unpaired) electrons. The molecule has 0 bridgehead atoms. The Balaban J connectivity index is 1.97. The maximum Gasteiger partial charge on any atom is 0.156 e. The Kier molecular flexibility index (Phi) is 3.12. The van der Waals surface area contributed by atoms with Gasteiger partial charge in [-0.1, -0.05) is 0 Å². The predicted octanol–water partition coefficient (Wildman–Crippen LogP) is 0.784. The number of methoxy groups -OCH3 is 2. The van der Waals surface area contributed by atoms with Crippen LogP contribution in [0.25, 0.3) is 0 Å². The standard InChI is InChI=1S/C7H14O3/c1-8-7(9-2)4-3-6-5-10-6/h6-7H,3-5H2,1-2H3. The molecule has 0 aromatic heterocycles.